The van der Waals surface area contributed by atoms with Crippen LogP contribution in [0.5, 0.6) is 0 Å². The van der Waals surface area contributed by atoms with Gasteiger partial charge < -0.3 is 0 Å². The van der Waals surface area contributed by atoms with Crippen molar-refractivity contribution in [3.05, 3.63) is 17.0 Å². The maximum Gasteiger partial charge on any atom is 0.0628 e. The van der Waals surface area contributed by atoms with Crippen molar-refractivity contribution in [2.24, 2.45) is 0 Å². The number of rotatable bonds is 10. The molecule has 110 valence electrons. The number of nitrogens with zero attached hydrogens (tertiary/aromatic N) is 2. The van der Waals surface area contributed by atoms with E-state index in [1.165, 1.54) is 61.9 Å². The predicted molar refractivity (Wildman–Crippen MR) is 87.2 cm³/mol. The minimum Gasteiger partial charge on any atom is -0.269 e. The Kier molecular flexibility index (Phi) is 8.43. The van der Waals surface area contributed by atoms with Gasteiger partial charge in [0.15, 0.2) is 0 Å². The fourth-order valence-corrected chi connectivity index (χ4v) is 3.10. The summed E-state index contributed by atoms with van der Waals surface area (Å²) in [6.07, 6.45) is 10.6. The third-order valence-electron chi connectivity index (χ3n) is 3.89. The molecule has 0 saturated carbocycles. The molecule has 1 aromatic heterocycles. The van der Waals surface area contributed by atoms with Crippen LogP contribution in [0.25, 0.3) is 0 Å². The fourth-order valence-electron chi connectivity index (χ4n) is 2.70. The van der Waals surface area contributed by atoms with Gasteiger partial charge >= 0.3 is 0 Å². The number of alkyl halides is 1. The lowest BCUT2D eigenvalue weighted by Crippen LogP contribution is -2.03. The highest BCUT2D eigenvalue weighted by Gasteiger charge is 2.08. The molecule has 0 aromatic carbocycles. The van der Waals surface area contributed by atoms with Crippen LogP contribution in [-0.2, 0) is 13.0 Å². The molecule has 0 aliphatic rings. The number of aryl methyl sites for hydroxylation is 2. The molecule has 0 amide bonds. The monoisotopic (exact) mass is 328 g/mol. The van der Waals surface area contributed by atoms with Crippen molar-refractivity contribution in [1.29, 1.82) is 0 Å². The van der Waals surface area contributed by atoms with E-state index >= 15 is 0 Å². The molecular weight excluding hydrogens is 300 g/mol. The van der Waals surface area contributed by atoms with Crippen molar-refractivity contribution in [3.8, 4) is 0 Å². The Bertz CT molecular complexity index is 358. The summed E-state index contributed by atoms with van der Waals surface area (Å²) >= 11 is 3.48. The predicted octanol–water partition coefficient (Wildman–Crippen LogP) is 5.19. The van der Waals surface area contributed by atoms with E-state index in [9.17, 15) is 0 Å². The van der Waals surface area contributed by atoms with Crippen LogP contribution < -0.4 is 0 Å². The quantitative estimate of drug-likeness (QED) is 0.427. The number of halogens is 1. The summed E-state index contributed by atoms with van der Waals surface area (Å²) in [5.41, 5.74) is 4.03. The molecule has 2 nitrogen and oxygen atoms in total. The van der Waals surface area contributed by atoms with E-state index in [0.717, 1.165) is 18.3 Å². The van der Waals surface area contributed by atoms with Crippen molar-refractivity contribution in [3.63, 3.8) is 0 Å². The van der Waals surface area contributed by atoms with Crippen LogP contribution in [0.1, 0.15) is 68.8 Å². The average molecular weight is 329 g/mol. The number of hydrogen-bond donors (Lipinski definition) is 0. The lowest BCUT2D eigenvalue weighted by atomic mass is 10.1. The Labute approximate surface area is 127 Å². The highest BCUT2D eigenvalue weighted by atomic mass is 79.9. The van der Waals surface area contributed by atoms with E-state index in [-0.39, 0.29) is 0 Å². The van der Waals surface area contributed by atoms with Gasteiger partial charge in [-0.25, -0.2) is 0 Å². The van der Waals surface area contributed by atoms with E-state index in [4.69, 9.17) is 0 Å². The average Bonchev–Trinajstić information content (AvgIpc) is 2.67. The lowest BCUT2D eigenvalue weighted by molar-refractivity contribution is 0.514. The van der Waals surface area contributed by atoms with E-state index in [2.05, 4.69) is 46.5 Å². The van der Waals surface area contributed by atoms with Gasteiger partial charge in [0.25, 0.3) is 0 Å². The molecule has 1 rings (SSSR count). The minimum absolute atomic E-state index is 1.09. The summed E-state index contributed by atoms with van der Waals surface area (Å²) in [6.45, 7) is 7.65. The van der Waals surface area contributed by atoms with Gasteiger partial charge in [0.2, 0.25) is 0 Å². The van der Waals surface area contributed by atoms with Gasteiger partial charge in [0, 0.05) is 17.6 Å². The zero-order chi connectivity index (χ0) is 14.1. The molecule has 0 spiro atoms. The van der Waals surface area contributed by atoms with Gasteiger partial charge in [-0.3, -0.25) is 4.68 Å². The van der Waals surface area contributed by atoms with Gasteiger partial charge in [-0.05, 0) is 38.7 Å². The van der Waals surface area contributed by atoms with Crippen LogP contribution in [0.15, 0.2) is 0 Å². The second-order valence-corrected chi connectivity index (χ2v) is 6.18. The third-order valence-corrected chi connectivity index (χ3v) is 4.45. The Morgan fingerprint density at radius 1 is 0.947 bits per heavy atom. The molecule has 0 unspecified atom stereocenters. The van der Waals surface area contributed by atoms with E-state index in [1.54, 1.807) is 0 Å². The standard InChI is InChI=1S/C16H29BrN2/c1-4-16-14(2)18-19(15(16)3)13-11-9-7-5-6-8-10-12-17/h4-13H2,1-3H3. The summed E-state index contributed by atoms with van der Waals surface area (Å²) in [7, 11) is 0. The second kappa shape index (κ2) is 9.57. The van der Waals surface area contributed by atoms with E-state index in [1.807, 2.05) is 0 Å². The van der Waals surface area contributed by atoms with Crippen LogP contribution in [-0.4, -0.2) is 15.1 Å². The van der Waals surface area contributed by atoms with E-state index < -0.39 is 0 Å². The highest BCUT2D eigenvalue weighted by molar-refractivity contribution is 9.09. The third kappa shape index (κ3) is 5.68. The molecule has 0 aliphatic carbocycles. The molecule has 0 radical (unpaired) electrons. The summed E-state index contributed by atoms with van der Waals surface area (Å²) in [5.74, 6) is 0. The first-order valence-corrected chi connectivity index (χ1v) is 8.91. The summed E-state index contributed by atoms with van der Waals surface area (Å²) in [6, 6.07) is 0. The van der Waals surface area contributed by atoms with Gasteiger partial charge in [0.1, 0.15) is 0 Å². The Morgan fingerprint density at radius 3 is 2.05 bits per heavy atom. The molecule has 3 heteroatoms. The van der Waals surface area contributed by atoms with Crippen molar-refractivity contribution in [2.45, 2.75) is 78.7 Å². The minimum atomic E-state index is 1.09. The first kappa shape index (κ1) is 16.7. The Morgan fingerprint density at radius 2 is 1.53 bits per heavy atom. The van der Waals surface area contributed by atoms with Crippen LogP contribution in [0.4, 0.5) is 0 Å². The van der Waals surface area contributed by atoms with Crippen molar-refractivity contribution < 1.29 is 0 Å². The van der Waals surface area contributed by atoms with Crippen molar-refractivity contribution in [1.82, 2.24) is 9.78 Å². The van der Waals surface area contributed by atoms with E-state index in [0.29, 0.717) is 0 Å². The van der Waals surface area contributed by atoms with Crippen molar-refractivity contribution >= 4 is 15.9 Å². The van der Waals surface area contributed by atoms with Gasteiger partial charge in [-0.2, -0.15) is 5.10 Å². The first-order valence-electron chi connectivity index (χ1n) is 7.79. The smallest absolute Gasteiger partial charge is 0.0628 e. The lowest BCUT2D eigenvalue weighted by Gasteiger charge is -2.05. The second-order valence-electron chi connectivity index (χ2n) is 5.39. The van der Waals surface area contributed by atoms with Crippen molar-refractivity contribution in [2.75, 3.05) is 5.33 Å². The maximum atomic E-state index is 4.65. The van der Waals surface area contributed by atoms with Crippen LogP contribution >= 0.6 is 15.9 Å². The summed E-state index contributed by atoms with van der Waals surface area (Å²) in [4.78, 5) is 0. The Balaban J connectivity index is 2.16. The molecule has 0 fully saturated rings. The number of unbranched alkanes of at least 4 members (excludes halogenated alkanes) is 6. The number of aromatic nitrogens is 2. The number of hydrogen-bond acceptors (Lipinski definition) is 1. The van der Waals surface area contributed by atoms with Crippen LogP contribution in [0.2, 0.25) is 0 Å². The molecule has 0 N–H and O–H groups in total. The zero-order valence-electron chi connectivity index (χ0n) is 12.8. The fraction of sp³-hybridized carbons (Fsp3) is 0.812. The van der Waals surface area contributed by atoms with Gasteiger partial charge in [-0.1, -0.05) is 55.0 Å². The van der Waals surface area contributed by atoms with Gasteiger partial charge in [0.05, 0.1) is 5.69 Å². The molecule has 19 heavy (non-hydrogen) atoms. The molecule has 1 aromatic rings. The van der Waals surface area contributed by atoms with Crippen LogP contribution in [0, 0.1) is 13.8 Å². The van der Waals surface area contributed by atoms with Crippen LogP contribution in [0.3, 0.4) is 0 Å². The highest BCUT2D eigenvalue weighted by Crippen LogP contribution is 2.15. The molecule has 1 heterocycles. The normalized spacial score (nSPS) is 11.2. The topological polar surface area (TPSA) is 17.8 Å². The Hall–Kier alpha value is -0.310. The first-order chi connectivity index (χ1) is 9.20. The summed E-state index contributed by atoms with van der Waals surface area (Å²) in [5, 5.41) is 5.81. The molecular formula is C16H29BrN2. The molecule has 0 bridgehead atoms. The largest absolute Gasteiger partial charge is 0.269 e. The molecule has 0 saturated heterocycles. The maximum absolute atomic E-state index is 4.65. The van der Waals surface area contributed by atoms with Gasteiger partial charge in [-0.15, -0.1) is 0 Å². The summed E-state index contributed by atoms with van der Waals surface area (Å²) < 4.78 is 2.21. The molecule has 0 atom stereocenters. The SMILES string of the molecule is CCc1c(C)nn(CCCCCCCCCBr)c1C. The zero-order valence-corrected chi connectivity index (χ0v) is 14.4. The molecule has 0 aliphatic heterocycles.